The monoisotopic (exact) mass is 514 g/mol. The molecule has 0 radical (unpaired) electrons. The Morgan fingerprint density at radius 2 is 1.67 bits per heavy atom. The normalized spacial score (nSPS) is 15.1. The smallest absolute Gasteiger partial charge is 0.437 e. The number of hydrogen-bond acceptors (Lipinski definition) is 10. The fraction of sp³-hybridized carbons (Fsp3) is 0.280. The number of allylic oxidation sites excluding steroid dienone is 2. The van der Waals surface area contributed by atoms with Gasteiger partial charge in [0.05, 0.1) is 23.4 Å². The van der Waals surface area contributed by atoms with E-state index in [0.717, 1.165) is 12.9 Å². The van der Waals surface area contributed by atoms with Gasteiger partial charge in [0, 0.05) is 23.6 Å². The van der Waals surface area contributed by atoms with Gasteiger partial charge in [-0.1, -0.05) is 42.5 Å². The molecule has 0 bridgehead atoms. The van der Waals surface area contributed by atoms with Gasteiger partial charge in [0.25, 0.3) is 5.69 Å². The first-order chi connectivity index (χ1) is 17.3. The highest BCUT2D eigenvalue weighted by Crippen LogP contribution is 2.40. The lowest BCUT2D eigenvalue weighted by Crippen LogP contribution is -2.29. The largest absolute Gasteiger partial charge is 0.513 e. The molecule has 2 aromatic rings. The average Bonchev–Trinajstić information content (AvgIpc) is 2.87. The van der Waals surface area contributed by atoms with E-state index >= 15 is 0 Å². The highest BCUT2D eigenvalue weighted by Gasteiger charge is 2.36. The number of nitrogens with zero attached hydrogens (tertiary/aromatic N) is 1. The molecule has 36 heavy (non-hydrogen) atoms. The van der Waals surface area contributed by atoms with Crippen molar-refractivity contribution in [3.8, 4) is 0 Å². The number of nitro groups is 1. The van der Waals surface area contributed by atoms with Crippen molar-refractivity contribution in [1.29, 1.82) is 0 Å². The van der Waals surface area contributed by atoms with Crippen LogP contribution in [0.1, 0.15) is 30.9 Å². The Hall–Kier alpha value is -3.99. The lowest BCUT2D eigenvalue weighted by molar-refractivity contribution is -0.384. The summed E-state index contributed by atoms with van der Waals surface area (Å²) in [6, 6.07) is 15.7. The first-order valence-electron chi connectivity index (χ1n) is 10.9. The highest BCUT2D eigenvalue weighted by atomic mass is 32.2. The molecule has 11 heteroatoms. The van der Waals surface area contributed by atoms with Crippen LogP contribution in [0.25, 0.3) is 0 Å². The van der Waals surface area contributed by atoms with Crippen molar-refractivity contribution in [3.05, 3.63) is 98.8 Å². The number of hydrogen-bond donors (Lipinski definition) is 1. The van der Waals surface area contributed by atoms with Crippen LogP contribution < -0.4 is 5.32 Å². The van der Waals surface area contributed by atoms with Crippen LogP contribution in [0.4, 0.5) is 15.3 Å². The number of benzene rings is 2. The van der Waals surface area contributed by atoms with Gasteiger partial charge in [-0.3, -0.25) is 10.1 Å². The number of carbonyl (C=O) groups is 2. The molecular weight excluding hydrogens is 488 g/mol. The molecule has 1 aliphatic heterocycles. The molecule has 0 aromatic heterocycles. The Labute approximate surface area is 212 Å². The van der Waals surface area contributed by atoms with Gasteiger partial charge in [0.15, 0.2) is 0 Å². The predicted octanol–water partition coefficient (Wildman–Crippen LogP) is 5.61. The number of carbonyl (C=O) groups excluding carboxylic acids is 2. The van der Waals surface area contributed by atoms with Crippen molar-refractivity contribution in [2.75, 3.05) is 19.5 Å². The Morgan fingerprint density at radius 3 is 2.31 bits per heavy atom. The summed E-state index contributed by atoms with van der Waals surface area (Å²) in [5.74, 6) is 0.562. The minimum Gasteiger partial charge on any atom is -0.437 e. The van der Waals surface area contributed by atoms with Gasteiger partial charge in [0.2, 0.25) is 0 Å². The Balaban J connectivity index is 1.75. The molecule has 0 fully saturated rings. The Morgan fingerprint density at radius 1 is 1.00 bits per heavy atom. The number of nitrogens with one attached hydrogen (secondary N) is 1. The molecule has 0 spiro atoms. The number of ether oxygens (including phenoxy) is 4. The summed E-state index contributed by atoms with van der Waals surface area (Å²) in [6.45, 7) is 3.45. The zero-order chi connectivity index (χ0) is 26.1. The number of thioether (sulfide) groups is 1. The van der Waals surface area contributed by atoms with Crippen LogP contribution in [0, 0.1) is 10.1 Å². The van der Waals surface area contributed by atoms with Gasteiger partial charge in [0.1, 0.15) is 24.0 Å². The zero-order valence-corrected chi connectivity index (χ0v) is 20.8. The van der Waals surface area contributed by atoms with Gasteiger partial charge < -0.3 is 24.3 Å². The maximum atomic E-state index is 12.5. The van der Waals surface area contributed by atoms with Crippen molar-refractivity contribution in [2.45, 2.75) is 25.5 Å². The van der Waals surface area contributed by atoms with E-state index in [2.05, 4.69) is 10.1 Å². The number of rotatable bonds is 9. The summed E-state index contributed by atoms with van der Waals surface area (Å²) in [5.41, 5.74) is 2.28. The molecule has 3 rings (SSSR count). The lowest BCUT2D eigenvalue weighted by atomic mass is 9.90. The van der Waals surface area contributed by atoms with Crippen LogP contribution in [0.5, 0.6) is 0 Å². The van der Waals surface area contributed by atoms with Crippen LogP contribution in [0.3, 0.4) is 0 Å². The molecular formula is C25H26N2O8S. The molecule has 10 nitrogen and oxygen atoms in total. The van der Waals surface area contributed by atoms with Gasteiger partial charge in [-0.15, -0.1) is 0 Å². The fourth-order valence-corrected chi connectivity index (χ4v) is 4.32. The summed E-state index contributed by atoms with van der Waals surface area (Å²) in [6.07, 6.45) is -1.93. The van der Waals surface area contributed by atoms with Crippen LogP contribution >= 0.6 is 11.8 Å². The Bertz CT molecular complexity index is 1180. The van der Waals surface area contributed by atoms with E-state index in [4.69, 9.17) is 14.2 Å². The molecule has 1 unspecified atom stereocenters. The summed E-state index contributed by atoms with van der Waals surface area (Å²) in [5, 5.41) is 14.3. The van der Waals surface area contributed by atoms with E-state index in [1.165, 1.54) is 23.8 Å². The predicted molar refractivity (Wildman–Crippen MR) is 133 cm³/mol. The SMILES string of the molecule is COC(=O)OC1=C(C)NC(C)=C(OC(=O)OCCSCc2ccccc2)C1c1cccc([N+](=O)[O-])c1. The molecule has 190 valence electrons. The molecule has 0 amide bonds. The van der Waals surface area contributed by atoms with Gasteiger partial charge in [-0.2, -0.15) is 11.8 Å². The summed E-state index contributed by atoms with van der Waals surface area (Å²) < 4.78 is 20.7. The van der Waals surface area contributed by atoms with Crippen molar-refractivity contribution in [2.24, 2.45) is 0 Å². The molecule has 2 aromatic carbocycles. The second-order valence-electron chi connectivity index (χ2n) is 7.68. The molecule has 0 saturated heterocycles. The number of non-ortho nitro benzene ring substituents is 1. The van der Waals surface area contributed by atoms with E-state index in [1.807, 2.05) is 30.3 Å². The number of dihydropyridines is 1. The van der Waals surface area contributed by atoms with Gasteiger partial charge >= 0.3 is 12.3 Å². The minimum absolute atomic E-state index is 0.0779. The lowest BCUT2D eigenvalue weighted by Gasteiger charge is -2.30. The standard InChI is InChI=1S/C25H26N2O8S/c1-16-22(34-24(28)32-3)21(19-10-7-11-20(14-19)27(30)31)23(17(2)26-16)35-25(29)33-12-13-36-15-18-8-5-4-6-9-18/h4-11,14,21,26H,12-13,15H2,1-3H3. The van der Waals surface area contributed by atoms with E-state index in [-0.39, 0.29) is 23.8 Å². The molecule has 0 aliphatic carbocycles. The second kappa shape index (κ2) is 12.6. The molecule has 1 atom stereocenters. The topological polar surface area (TPSA) is 126 Å². The van der Waals surface area contributed by atoms with Crippen molar-refractivity contribution in [1.82, 2.24) is 5.32 Å². The second-order valence-corrected chi connectivity index (χ2v) is 8.79. The molecule has 1 heterocycles. The highest BCUT2D eigenvalue weighted by molar-refractivity contribution is 7.98. The fourth-order valence-electron chi connectivity index (χ4n) is 3.55. The molecule has 1 N–H and O–H groups in total. The Kier molecular flexibility index (Phi) is 9.34. The quantitative estimate of drug-likeness (QED) is 0.195. The zero-order valence-electron chi connectivity index (χ0n) is 20.0. The first kappa shape index (κ1) is 26.6. The van der Waals surface area contributed by atoms with Crippen molar-refractivity contribution >= 4 is 29.8 Å². The van der Waals surface area contributed by atoms with Crippen LogP contribution in [-0.4, -0.2) is 36.7 Å². The van der Waals surface area contributed by atoms with Crippen LogP contribution in [0.2, 0.25) is 0 Å². The molecule has 0 saturated carbocycles. The average molecular weight is 515 g/mol. The minimum atomic E-state index is -0.987. The summed E-state index contributed by atoms with van der Waals surface area (Å²) in [7, 11) is 1.16. The first-order valence-corrected chi connectivity index (χ1v) is 12.1. The third-order valence-corrected chi connectivity index (χ3v) is 6.16. The van der Waals surface area contributed by atoms with E-state index in [0.29, 0.717) is 22.7 Å². The number of methoxy groups -OCH3 is 1. The molecule has 1 aliphatic rings. The summed E-state index contributed by atoms with van der Waals surface area (Å²) in [4.78, 5) is 35.3. The maximum absolute atomic E-state index is 12.5. The van der Waals surface area contributed by atoms with Gasteiger partial charge in [-0.25, -0.2) is 9.59 Å². The summed E-state index contributed by atoms with van der Waals surface area (Å²) >= 11 is 1.61. The van der Waals surface area contributed by atoms with E-state index in [9.17, 15) is 19.7 Å². The van der Waals surface area contributed by atoms with Crippen LogP contribution in [-0.2, 0) is 24.7 Å². The van der Waals surface area contributed by atoms with Crippen molar-refractivity contribution < 1.29 is 33.5 Å². The van der Waals surface area contributed by atoms with Gasteiger partial charge in [-0.05, 0) is 25.0 Å². The third kappa shape index (κ3) is 7.01. The maximum Gasteiger partial charge on any atom is 0.513 e. The van der Waals surface area contributed by atoms with Crippen molar-refractivity contribution in [3.63, 3.8) is 0 Å². The third-order valence-electron chi connectivity index (χ3n) is 5.17. The van der Waals surface area contributed by atoms with E-state index < -0.39 is 23.2 Å². The number of nitro benzene ring substituents is 1. The van der Waals surface area contributed by atoms with E-state index in [1.54, 1.807) is 31.7 Å². The van der Waals surface area contributed by atoms with Crippen LogP contribution in [0.15, 0.2) is 77.5 Å².